The van der Waals surface area contributed by atoms with Crippen molar-refractivity contribution in [2.45, 2.75) is 0 Å². The average molecular weight is 329 g/mol. The summed E-state index contributed by atoms with van der Waals surface area (Å²) in [5.74, 6) is 0. The first-order chi connectivity index (χ1) is 9.74. The van der Waals surface area contributed by atoms with E-state index in [1.165, 1.54) is 10.3 Å². The molecule has 0 bridgehead atoms. The van der Waals surface area contributed by atoms with Crippen LogP contribution in [-0.4, -0.2) is 19.4 Å². The molecule has 0 aliphatic carbocycles. The second-order valence-electron chi connectivity index (χ2n) is 4.49. The molecular weight excluding hydrogens is 321 g/mol. The van der Waals surface area contributed by atoms with Gasteiger partial charge in [-0.25, -0.2) is 0 Å². The molecule has 0 aliphatic heterocycles. The molecule has 5 heteroatoms. The van der Waals surface area contributed by atoms with E-state index >= 15 is 0 Å². The van der Waals surface area contributed by atoms with Gasteiger partial charge in [-0.3, -0.25) is 0 Å². The summed E-state index contributed by atoms with van der Waals surface area (Å²) in [6, 6.07) is 15.1. The minimum atomic E-state index is -0.399. The monoisotopic (exact) mass is 330 g/mol. The van der Waals surface area contributed by atoms with Crippen molar-refractivity contribution >= 4 is 50.6 Å². The molecule has 0 spiro atoms. The van der Waals surface area contributed by atoms with Gasteiger partial charge in [0.15, 0.2) is 0 Å². The maximum absolute atomic E-state index is 11.1. The second-order valence-corrected chi connectivity index (χ2v) is 6.76. The van der Waals surface area contributed by atoms with Gasteiger partial charge in [-0.2, -0.15) is 0 Å². The van der Waals surface area contributed by atoms with Gasteiger partial charge in [-0.05, 0) is 0 Å². The Labute approximate surface area is 119 Å². The molecule has 96 valence electrons. The third-order valence-corrected chi connectivity index (χ3v) is 5.59. The molecule has 2 aromatic heterocycles. The molecule has 0 unspecified atom stereocenters. The molecule has 0 amide bonds. The standard InChI is InChI=1S/C15H8NO3Se/c17-16(18)11-6-3-4-9-8-13-15(19-14(9)11)10-5-1-2-7-12(10)20-13/h1-8H/q+1. The third kappa shape index (κ3) is 1.57. The molecule has 2 aromatic carbocycles. The Kier molecular flexibility index (Phi) is 2.39. The summed E-state index contributed by atoms with van der Waals surface area (Å²) in [5, 5.41) is 13.0. The number of rotatable bonds is 1. The predicted molar refractivity (Wildman–Crippen MR) is 79.2 cm³/mol. The molecular formula is C15H8NO3Se+. The van der Waals surface area contributed by atoms with Crippen molar-refractivity contribution in [1.82, 2.24) is 0 Å². The van der Waals surface area contributed by atoms with Crippen molar-refractivity contribution in [3.05, 3.63) is 58.6 Å². The van der Waals surface area contributed by atoms with E-state index in [0.29, 0.717) is 5.58 Å². The van der Waals surface area contributed by atoms with E-state index in [9.17, 15) is 10.1 Å². The van der Waals surface area contributed by atoms with Gasteiger partial charge >= 0.3 is 119 Å². The van der Waals surface area contributed by atoms with E-state index in [1.807, 2.05) is 30.3 Å². The number of non-ortho nitro benzene ring substituents is 1. The van der Waals surface area contributed by atoms with Crippen LogP contribution in [0.3, 0.4) is 0 Å². The van der Waals surface area contributed by atoms with Crippen LogP contribution >= 0.6 is 0 Å². The number of benzene rings is 2. The topological polar surface area (TPSA) is 54.4 Å². The third-order valence-electron chi connectivity index (χ3n) is 3.29. The van der Waals surface area contributed by atoms with Crippen molar-refractivity contribution in [3.8, 4) is 0 Å². The zero-order valence-corrected chi connectivity index (χ0v) is 11.9. The van der Waals surface area contributed by atoms with Gasteiger partial charge in [0.1, 0.15) is 0 Å². The van der Waals surface area contributed by atoms with E-state index in [4.69, 9.17) is 4.42 Å². The summed E-state index contributed by atoms with van der Waals surface area (Å²) in [6.07, 6.45) is 0. The van der Waals surface area contributed by atoms with Gasteiger partial charge in [0.05, 0.1) is 0 Å². The van der Waals surface area contributed by atoms with Crippen LogP contribution in [0, 0.1) is 10.1 Å². The zero-order chi connectivity index (χ0) is 13.7. The van der Waals surface area contributed by atoms with E-state index in [2.05, 4.69) is 6.07 Å². The number of hydrogen-bond acceptors (Lipinski definition) is 2. The summed E-state index contributed by atoms with van der Waals surface area (Å²) in [6.45, 7) is 0. The molecule has 4 nitrogen and oxygen atoms in total. The zero-order valence-electron chi connectivity index (χ0n) is 10.2. The molecule has 2 heterocycles. The van der Waals surface area contributed by atoms with E-state index < -0.39 is 4.92 Å². The number of nitro benzene ring substituents is 1. The normalized spacial score (nSPS) is 11.4. The van der Waals surface area contributed by atoms with Crippen molar-refractivity contribution in [1.29, 1.82) is 0 Å². The SMILES string of the molecule is O=[N+]([O-])c1cccc2cc3[se]c4ccccc4c3[o+]c12. The molecule has 20 heavy (non-hydrogen) atoms. The number of nitrogens with zero attached hydrogens (tertiary/aromatic N) is 1. The van der Waals surface area contributed by atoms with Crippen LogP contribution in [-0.2, 0) is 0 Å². The van der Waals surface area contributed by atoms with Crippen LogP contribution < -0.4 is 0 Å². The number of nitro groups is 1. The summed E-state index contributed by atoms with van der Waals surface area (Å²) in [7, 11) is 0. The van der Waals surface area contributed by atoms with Gasteiger partial charge in [-0.1, -0.05) is 0 Å². The van der Waals surface area contributed by atoms with Crippen LogP contribution in [0.15, 0.2) is 52.9 Å². The van der Waals surface area contributed by atoms with E-state index in [0.717, 1.165) is 20.6 Å². The fraction of sp³-hybridized carbons (Fsp3) is 0. The van der Waals surface area contributed by atoms with Gasteiger partial charge in [0.25, 0.3) is 0 Å². The van der Waals surface area contributed by atoms with Gasteiger partial charge in [0.2, 0.25) is 0 Å². The van der Waals surface area contributed by atoms with Crippen LogP contribution in [0.1, 0.15) is 0 Å². The molecule has 0 N–H and O–H groups in total. The van der Waals surface area contributed by atoms with E-state index in [1.54, 1.807) is 6.07 Å². The first kappa shape index (κ1) is 11.6. The summed E-state index contributed by atoms with van der Waals surface area (Å²) < 4.78 is 8.30. The molecule has 0 saturated heterocycles. The molecule has 4 rings (SSSR count). The summed E-state index contributed by atoms with van der Waals surface area (Å²) in [4.78, 5) is 10.7. The summed E-state index contributed by atoms with van der Waals surface area (Å²) >= 11 is 0.203. The maximum atomic E-state index is 11.1. The van der Waals surface area contributed by atoms with Gasteiger partial charge in [0, 0.05) is 0 Å². The number of hydrogen-bond donors (Lipinski definition) is 0. The second kappa shape index (κ2) is 4.13. The molecule has 0 aliphatic rings. The van der Waals surface area contributed by atoms with Crippen molar-refractivity contribution in [2.24, 2.45) is 0 Å². The average Bonchev–Trinajstić information content (AvgIpc) is 2.81. The molecule has 0 fully saturated rings. The fourth-order valence-corrected chi connectivity index (χ4v) is 4.67. The number of fused-ring (bicyclic) bond motifs is 4. The van der Waals surface area contributed by atoms with E-state index in [-0.39, 0.29) is 20.2 Å². The Morgan fingerprint density at radius 3 is 2.70 bits per heavy atom. The Balaban J connectivity index is 2.22. The molecule has 0 atom stereocenters. The van der Waals surface area contributed by atoms with Crippen LogP contribution in [0.4, 0.5) is 5.69 Å². The van der Waals surface area contributed by atoms with Crippen LogP contribution in [0.2, 0.25) is 0 Å². The summed E-state index contributed by atoms with van der Waals surface area (Å²) in [5.41, 5.74) is 1.15. The Morgan fingerprint density at radius 2 is 1.85 bits per heavy atom. The Morgan fingerprint density at radius 1 is 1.00 bits per heavy atom. The van der Waals surface area contributed by atoms with Crippen molar-refractivity contribution < 1.29 is 9.34 Å². The van der Waals surface area contributed by atoms with Crippen molar-refractivity contribution in [3.63, 3.8) is 0 Å². The van der Waals surface area contributed by atoms with Crippen LogP contribution in [0.25, 0.3) is 30.5 Å². The van der Waals surface area contributed by atoms with Gasteiger partial charge < -0.3 is 0 Å². The minimum absolute atomic E-state index is 0.0159. The predicted octanol–water partition coefficient (Wildman–Crippen LogP) is 3.99. The van der Waals surface area contributed by atoms with Crippen molar-refractivity contribution in [2.75, 3.05) is 0 Å². The Hall–Kier alpha value is -2.23. The quantitative estimate of drug-likeness (QED) is 0.230. The fourth-order valence-electron chi connectivity index (χ4n) is 2.40. The molecule has 0 saturated carbocycles. The van der Waals surface area contributed by atoms with Gasteiger partial charge in [-0.15, -0.1) is 0 Å². The molecule has 4 aromatic rings. The first-order valence-electron chi connectivity index (χ1n) is 6.05. The Bertz CT molecular complexity index is 990. The number of para-hydroxylation sites is 1. The van der Waals surface area contributed by atoms with Crippen LogP contribution in [0.5, 0.6) is 0 Å². The first-order valence-corrected chi connectivity index (χ1v) is 7.77. The molecule has 0 radical (unpaired) electrons.